The van der Waals surface area contributed by atoms with Gasteiger partial charge in [-0.2, -0.15) is 0 Å². The highest BCUT2D eigenvalue weighted by molar-refractivity contribution is 7.15. The van der Waals surface area contributed by atoms with E-state index in [0.29, 0.717) is 30.1 Å². The van der Waals surface area contributed by atoms with E-state index in [9.17, 15) is 18.3 Å². The Morgan fingerprint density at radius 1 is 1.27 bits per heavy atom. The van der Waals surface area contributed by atoms with Crippen molar-refractivity contribution in [2.75, 3.05) is 13.1 Å². The molecule has 0 radical (unpaired) electrons. The minimum Gasteiger partial charge on any atom is -0.381 e. The maximum absolute atomic E-state index is 14.7. The molecule has 174 valence electrons. The molecule has 0 amide bonds. The predicted molar refractivity (Wildman–Crippen MR) is 121 cm³/mol. The summed E-state index contributed by atoms with van der Waals surface area (Å²) in [6.07, 6.45) is 1.44. The second-order valence-corrected chi connectivity index (χ2v) is 9.23. The number of hydrazine groups is 1. The van der Waals surface area contributed by atoms with Crippen LogP contribution in [0.5, 0.6) is 0 Å². The highest BCUT2D eigenvalue weighted by Gasteiger charge is 2.43. The molecule has 0 aliphatic carbocycles. The van der Waals surface area contributed by atoms with Gasteiger partial charge in [-0.25, -0.2) is 24.0 Å². The first-order valence-electron chi connectivity index (χ1n) is 10.4. The minimum absolute atomic E-state index is 0.0933. The first kappa shape index (κ1) is 23.4. The van der Waals surface area contributed by atoms with Crippen LogP contribution in [0.3, 0.4) is 0 Å². The Balaban J connectivity index is 1.64. The van der Waals surface area contributed by atoms with Gasteiger partial charge in [0, 0.05) is 47.6 Å². The molecular formula is C23H24F3N5OS. The van der Waals surface area contributed by atoms with E-state index in [-0.39, 0.29) is 17.9 Å². The number of aromatic nitrogens is 1. The van der Waals surface area contributed by atoms with Gasteiger partial charge in [0.25, 0.3) is 0 Å². The lowest BCUT2D eigenvalue weighted by Crippen LogP contribution is -2.56. The van der Waals surface area contributed by atoms with Crippen LogP contribution in [0.4, 0.5) is 13.2 Å². The molecule has 6 nitrogen and oxygen atoms in total. The second kappa shape index (κ2) is 9.22. The monoisotopic (exact) mass is 475 g/mol. The third-order valence-electron chi connectivity index (χ3n) is 6.06. The van der Waals surface area contributed by atoms with Gasteiger partial charge in [-0.05, 0) is 25.1 Å². The van der Waals surface area contributed by atoms with Crippen molar-refractivity contribution in [2.45, 2.75) is 31.5 Å². The van der Waals surface area contributed by atoms with Crippen molar-refractivity contribution in [1.82, 2.24) is 14.9 Å². The van der Waals surface area contributed by atoms with E-state index in [1.54, 1.807) is 19.1 Å². The summed E-state index contributed by atoms with van der Waals surface area (Å²) in [6.45, 7) is 2.48. The van der Waals surface area contributed by atoms with Gasteiger partial charge in [0.05, 0.1) is 18.6 Å². The Morgan fingerprint density at radius 3 is 2.73 bits per heavy atom. The molecule has 1 aliphatic heterocycles. The fourth-order valence-corrected chi connectivity index (χ4v) is 5.33. The molecular weight excluding hydrogens is 451 g/mol. The van der Waals surface area contributed by atoms with Gasteiger partial charge in [0.1, 0.15) is 28.1 Å². The average Bonchev–Trinajstić information content (AvgIpc) is 3.21. The first-order chi connectivity index (χ1) is 15.7. The molecule has 2 heterocycles. The molecule has 2 aromatic carbocycles. The number of hydrogen-bond donors (Lipinski definition) is 3. The summed E-state index contributed by atoms with van der Waals surface area (Å²) < 4.78 is 41.9. The fourth-order valence-electron chi connectivity index (χ4n) is 4.20. The number of nitrogens with two attached hydrogens (primary N) is 1. The van der Waals surface area contributed by atoms with Crippen molar-refractivity contribution >= 4 is 17.7 Å². The molecule has 1 aromatic heterocycles. The van der Waals surface area contributed by atoms with Crippen LogP contribution >= 0.6 is 11.3 Å². The van der Waals surface area contributed by atoms with Crippen LogP contribution in [0.15, 0.2) is 42.5 Å². The molecule has 2 unspecified atom stereocenters. The molecule has 0 saturated carbocycles. The largest absolute Gasteiger partial charge is 0.381 e. The lowest BCUT2D eigenvalue weighted by Gasteiger charge is -2.43. The molecule has 4 N–H and O–H groups in total. The topological polar surface area (TPSA) is 89.5 Å². The van der Waals surface area contributed by atoms with E-state index < -0.39 is 23.3 Å². The Hall–Kier alpha value is -2.79. The van der Waals surface area contributed by atoms with Gasteiger partial charge in [-0.1, -0.05) is 18.2 Å². The quantitative estimate of drug-likeness (QED) is 0.210. The molecule has 1 aliphatic rings. The Labute approximate surface area is 193 Å². The van der Waals surface area contributed by atoms with Gasteiger partial charge in [0.15, 0.2) is 0 Å². The van der Waals surface area contributed by atoms with Crippen LogP contribution < -0.4 is 5.84 Å². The first-order valence-corrected chi connectivity index (χ1v) is 11.2. The van der Waals surface area contributed by atoms with Crippen LogP contribution in [0.2, 0.25) is 0 Å². The molecule has 10 heteroatoms. The molecule has 0 saturated heterocycles. The van der Waals surface area contributed by atoms with Crippen molar-refractivity contribution in [2.24, 2.45) is 5.84 Å². The number of halogens is 3. The van der Waals surface area contributed by atoms with Crippen molar-refractivity contribution in [1.29, 1.82) is 5.41 Å². The van der Waals surface area contributed by atoms with E-state index in [1.165, 1.54) is 29.5 Å². The number of benzene rings is 2. The van der Waals surface area contributed by atoms with Gasteiger partial charge in [-0.3, -0.25) is 15.3 Å². The van der Waals surface area contributed by atoms with Gasteiger partial charge in [0.2, 0.25) is 0 Å². The van der Waals surface area contributed by atoms with Crippen LogP contribution in [-0.2, 0) is 18.6 Å². The van der Waals surface area contributed by atoms with Crippen LogP contribution in [-0.4, -0.2) is 45.5 Å². The number of hydrogen-bond acceptors (Lipinski definition) is 6. The summed E-state index contributed by atoms with van der Waals surface area (Å²) in [5.74, 6) is 3.81. The fraction of sp³-hybridized carbons (Fsp3) is 0.304. The summed E-state index contributed by atoms with van der Waals surface area (Å²) in [7, 11) is 0. The lowest BCUT2D eigenvalue weighted by atomic mass is 9.84. The maximum atomic E-state index is 14.7. The standard InChI is InChI=1S/C23H24F3N5OS/c1-14(23(32,12-31(28)13-27)18-6-5-17(25)10-19(18)26)30-8-7-20-21(11-30)33-22(29-20)15-3-2-4-16(24)9-15/h2-6,9-10,13-14,27,32H,7-8,11-12,28H2,1H3. The van der Waals surface area contributed by atoms with Crippen molar-refractivity contribution in [3.63, 3.8) is 0 Å². The molecule has 33 heavy (non-hydrogen) atoms. The van der Waals surface area contributed by atoms with Crippen molar-refractivity contribution < 1.29 is 18.3 Å². The van der Waals surface area contributed by atoms with Gasteiger partial charge >= 0.3 is 0 Å². The average molecular weight is 476 g/mol. The molecule has 0 spiro atoms. The highest BCUT2D eigenvalue weighted by atomic mass is 32.1. The van der Waals surface area contributed by atoms with E-state index in [4.69, 9.17) is 11.3 Å². The number of nitrogens with one attached hydrogen (secondary N) is 1. The summed E-state index contributed by atoms with van der Waals surface area (Å²) in [5.41, 5.74) is -0.301. The molecule has 2 atom stereocenters. The summed E-state index contributed by atoms with van der Waals surface area (Å²) in [6, 6.07) is 8.65. The minimum atomic E-state index is -1.82. The molecule has 4 rings (SSSR count). The highest BCUT2D eigenvalue weighted by Crippen LogP contribution is 2.37. The smallest absolute Gasteiger partial charge is 0.132 e. The zero-order valence-corrected chi connectivity index (χ0v) is 18.7. The van der Waals surface area contributed by atoms with Crippen molar-refractivity contribution in [3.05, 3.63) is 76.1 Å². The molecule has 3 aromatic rings. The van der Waals surface area contributed by atoms with Gasteiger partial charge in [-0.15, -0.1) is 11.3 Å². The van der Waals surface area contributed by atoms with E-state index in [2.05, 4.69) is 4.98 Å². The predicted octanol–water partition coefficient (Wildman–Crippen LogP) is 3.64. The number of thiazole rings is 1. The number of fused-ring (bicyclic) bond motifs is 1. The van der Waals surface area contributed by atoms with Crippen molar-refractivity contribution in [3.8, 4) is 10.6 Å². The summed E-state index contributed by atoms with van der Waals surface area (Å²) in [5, 5.41) is 20.7. The SMILES string of the molecule is CC(N1CCc2nc(-c3cccc(F)c3)sc2C1)C(O)(CN(N)C=N)c1ccc(F)cc1F. The molecule has 0 fully saturated rings. The van der Waals surface area contributed by atoms with Crippen LogP contribution in [0, 0.1) is 22.9 Å². The summed E-state index contributed by atoms with van der Waals surface area (Å²) in [4.78, 5) is 7.63. The summed E-state index contributed by atoms with van der Waals surface area (Å²) >= 11 is 1.45. The van der Waals surface area contributed by atoms with Crippen LogP contribution in [0.25, 0.3) is 10.6 Å². The van der Waals surface area contributed by atoms with Crippen LogP contribution in [0.1, 0.15) is 23.1 Å². The van der Waals surface area contributed by atoms with Gasteiger partial charge < -0.3 is 5.11 Å². The number of nitrogens with zero attached hydrogens (tertiary/aromatic N) is 3. The van der Waals surface area contributed by atoms with E-state index >= 15 is 0 Å². The zero-order valence-electron chi connectivity index (χ0n) is 17.9. The Kier molecular flexibility index (Phi) is 6.53. The Morgan fingerprint density at radius 2 is 2.03 bits per heavy atom. The second-order valence-electron chi connectivity index (χ2n) is 8.15. The number of rotatable bonds is 7. The molecule has 0 bridgehead atoms. The van der Waals surface area contributed by atoms with E-state index in [0.717, 1.165) is 34.1 Å². The third kappa shape index (κ3) is 4.65. The number of aliphatic hydroxyl groups is 1. The normalized spacial score (nSPS) is 16.7. The Bertz CT molecular complexity index is 1170. The maximum Gasteiger partial charge on any atom is 0.132 e. The zero-order chi connectivity index (χ0) is 23.8. The lowest BCUT2D eigenvalue weighted by molar-refractivity contribution is -0.0645. The van der Waals surface area contributed by atoms with E-state index in [1.807, 2.05) is 4.90 Å². The third-order valence-corrected chi connectivity index (χ3v) is 7.19.